The van der Waals surface area contributed by atoms with Crippen LogP contribution in [0.15, 0.2) is 0 Å². The van der Waals surface area contributed by atoms with Crippen LogP contribution in [0.2, 0.25) is 0 Å². The third kappa shape index (κ3) is 6.81. The van der Waals surface area contributed by atoms with Crippen molar-refractivity contribution in [3.63, 3.8) is 0 Å². The molecule has 0 aromatic rings. The fourth-order valence-corrected chi connectivity index (χ4v) is 0.453. The van der Waals surface area contributed by atoms with Crippen LogP contribution < -0.4 is 0 Å². The third-order valence-electron chi connectivity index (χ3n) is 0.886. The van der Waals surface area contributed by atoms with Gasteiger partial charge in [-0.25, -0.2) is 4.79 Å². The Morgan fingerprint density at radius 2 is 1.83 bits per heavy atom. The number of aliphatic hydroxyl groups is 1. The maximum absolute atomic E-state index is 10.6. The molecule has 12 heavy (non-hydrogen) atoms. The van der Waals surface area contributed by atoms with Crippen LogP contribution in [0.5, 0.6) is 0 Å². The minimum Gasteiger partial charge on any atom is -0.463 e. The first-order valence-corrected chi connectivity index (χ1v) is 3.29. The van der Waals surface area contributed by atoms with Crippen molar-refractivity contribution in [2.45, 2.75) is 6.42 Å². The second kappa shape index (κ2) is 6.41. The second-order valence-electron chi connectivity index (χ2n) is 1.81. The Morgan fingerprint density at radius 1 is 1.17 bits per heavy atom. The Hall–Kier alpha value is -1.30. The van der Waals surface area contributed by atoms with Crippen LogP contribution in [-0.2, 0) is 14.3 Å². The van der Waals surface area contributed by atoms with Crippen LogP contribution >= 0.6 is 0 Å². The first kappa shape index (κ1) is 10.7. The molecule has 70 valence electrons. The fraction of sp³-hybridized carbons (Fsp3) is 0.667. The van der Waals surface area contributed by atoms with Gasteiger partial charge < -0.3 is 19.7 Å². The van der Waals surface area contributed by atoms with E-state index in [0.717, 1.165) is 0 Å². The summed E-state index contributed by atoms with van der Waals surface area (Å²) < 4.78 is 8.46. The third-order valence-corrected chi connectivity index (χ3v) is 0.886. The molecule has 0 rings (SSSR count). The van der Waals surface area contributed by atoms with Gasteiger partial charge in [0, 0.05) is 0 Å². The highest BCUT2D eigenvalue weighted by atomic mass is 16.7. The minimum atomic E-state index is -1.43. The highest BCUT2D eigenvalue weighted by molar-refractivity contribution is 5.69. The quantitative estimate of drug-likeness (QED) is 0.557. The number of hydrogen-bond donors (Lipinski definition) is 2. The summed E-state index contributed by atoms with van der Waals surface area (Å²) in [6.07, 6.45) is -1.56. The van der Waals surface area contributed by atoms with Gasteiger partial charge in [-0.1, -0.05) is 0 Å². The number of carboxylic acid groups (broad SMARTS) is 1. The van der Waals surface area contributed by atoms with Crippen molar-refractivity contribution in [2.24, 2.45) is 0 Å². The molecule has 0 saturated heterocycles. The smallest absolute Gasteiger partial charge is 0.463 e. The Bertz CT molecular complexity index is 154. The molecule has 0 heterocycles. The van der Waals surface area contributed by atoms with E-state index < -0.39 is 12.1 Å². The molecule has 0 aromatic heterocycles. The minimum absolute atomic E-state index is 0.0775. The molecule has 0 atom stereocenters. The van der Waals surface area contributed by atoms with Crippen molar-refractivity contribution in [1.82, 2.24) is 0 Å². The Labute approximate surface area is 68.7 Å². The average Bonchev–Trinajstić information content (AvgIpc) is 2.00. The highest BCUT2D eigenvalue weighted by Crippen LogP contribution is 1.88. The van der Waals surface area contributed by atoms with E-state index in [1.54, 1.807) is 0 Å². The maximum atomic E-state index is 10.6. The van der Waals surface area contributed by atoms with Gasteiger partial charge in [0.15, 0.2) is 0 Å². The van der Waals surface area contributed by atoms with Crippen LogP contribution in [0.25, 0.3) is 0 Å². The summed E-state index contributed by atoms with van der Waals surface area (Å²) in [5.74, 6) is -0.592. The van der Waals surface area contributed by atoms with Gasteiger partial charge in [0.2, 0.25) is 0 Å². The van der Waals surface area contributed by atoms with Gasteiger partial charge >= 0.3 is 12.1 Å². The first-order valence-electron chi connectivity index (χ1n) is 3.29. The lowest BCUT2D eigenvalue weighted by atomic mass is 10.5. The molecule has 0 unspecified atom stereocenters. The predicted octanol–water partition coefficient (Wildman–Crippen LogP) is -0.393. The number of carbonyl (C=O) groups excluding carboxylic acids is 1. The van der Waals surface area contributed by atoms with Gasteiger partial charge in [-0.2, -0.15) is 0 Å². The van der Waals surface area contributed by atoms with E-state index in [1.165, 1.54) is 0 Å². The van der Waals surface area contributed by atoms with E-state index in [-0.39, 0.29) is 26.2 Å². The molecule has 0 saturated carbocycles. The molecule has 0 aliphatic rings. The molecule has 6 heteroatoms. The van der Waals surface area contributed by atoms with E-state index in [0.29, 0.717) is 0 Å². The number of carbonyl (C=O) groups is 2. The molecular weight excluding hydrogens is 168 g/mol. The van der Waals surface area contributed by atoms with Crippen molar-refractivity contribution < 1.29 is 29.3 Å². The van der Waals surface area contributed by atoms with Gasteiger partial charge in [0.25, 0.3) is 0 Å². The standard InChI is InChI=1S/C6H10O6/c7-2-4-11-5(8)1-3-12-6(9)10/h7H,1-4H2,(H,9,10). The molecule has 0 bridgehead atoms. The van der Waals surface area contributed by atoms with Crippen LogP contribution in [-0.4, -0.2) is 42.2 Å². The number of rotatable bonds is 5. The van der Waals surface area contributed by atoms with Crippen molar-refractivity contribution in [3.05, 3.63) is 0 Å². The Kier molecular flexibility index (Phi) is 5.72. The molecule has 0 aliphatic carbocycles. The van der Waals surface area contributed by atoms with Gasteiger partial charge in [-0.15, -0.1) is 0 Å². The summed E-state index contributed by atoms with van der Waals surface area (Å²) in [7, 11) is 0. The van der Waals surface area contributed by atoms with Gasteiger partial charge in [0.1, 0.15) is 13.2 Å². The largest absolute Gasteiger partial charge is 0.505 e. The second-order valence-corrected chi connectivity index (χ2v) is 1.81. The molecule has 0 spiro atoms. The van der Waals surface area contributed by atoms with E-state index in [1.807, 2.05) is 0 Å². The summed E-state index contributed by atoms with van der Waals surface area (Å²) in [6.45, 7) is -0.545. The van der Waals surface area contributed by atoms with Crippen LogP contribution in [0, 0.1) is 0 Å². The monoisotopic (exact) mass is 178 g/mol. The molecule has 0 aliphatic heterocycles. The van der Waals surface area contributed by atoms with Crippen LogP contribution in [0.4, 0.5) is 4.79 Å². The maximum Gasteiger partial charge on any atom is 0.505 e. The molecular formula is C6H10O6. The van der Waals surface area contributed by atoms with Crippen molar-refractivity contribution in [2.75, 3.05) is 19.8 Å². The summed E-state index contributed by atoms with van der Waals surface area (Å²) in [6, 6.07) is 0. The molecule has 6 nitrogen and oxygen atoms in total. The number of aliphatic hydroxyl groups excluding tert-OH is 1. The SMILES string of the molecule is O=C(O)OCCC(=O)OCCO. The van der Waals surface area contributed by atoms with Crippen molar-refractivity contribution >= 4 is 12.1 Å². The van der Waals surface area contributed by atoms with Crippen molar-refractivity contribution in [3.8, 4) is 0 Å². The van der Waals surface area contributed by atoms with Gasteiger partial charge in [0.05, 0.1) is 13.0 Å². The summed E-state index contributed by atoms with van der Waals surface area (Å²) >= 11 is 0. The molecule has 2 N–H and O–H groups in total. The number of esters is 1. The Morgan fingerprint density at radius 3 is 2.33 bits per heavy atom. The fourth-order valence-electron chi connectivity index (χ4n) is 0.453. The van der Waals surface area contributed by atoms with Crippen LogP contribution in [0.1, 0.15) is 6.42 Å². The zero-order valence-electron chi connectivity index (χ0n) is 6.36. The lowest BCUT2D eigenvalue weighted by Crippen LogP contribution is -2.12. The number of hydrogen-bond acceptors (Lipinski definition) is 5. The average molecular weight is 178 g/mol. The zero-order valence-corrected chi connectivity index (χ0v) is 6.36. The zero-order chi connectivity index (χ0) is 9.40. The molecule has 0 amide bonds. The van der Waals surface area contributed by atoms with Gasteiger partial charge in [-0.05, 0) is 0 Å². The highest BCUT2D eigenvalue weighted by Gasteiger charge is 2.03. The molecule has 0 fully saturated rings. The summed E-state index contributed by atoms with van der Waals surface area (Å²) in [5.41, 5.74) is 0. The molecule has 0 radical (unpaired) electrons. The van der Waals surface area contributed by atoms with Crippen molar-refractivity contribution in [1.29, 1.82) is 0 Å². The summed E-state index contributed by atoms with van der Waals surface area (Å²) in [4.78, 5) is 20.4. The van der Waals surface area contributed by atoms with E-state index in [2.05, 4.69) is 9.47 Å². The van der Waals surface area contributed by atoms with Crippen LogP contribution in [0.3, 0.4) is 0 Å². The number of ether oxygens (including phenoxy) is 2. The summed E-state index contributed by atoms with van der Waals surface area (Å²) in [5, 5.41) is 16.2. The van der Waals surface area contributed by atoms with E-state index in [9.17, 15) is 9.59 Å². The van der Waals surface area contributed by atoms with Gasteiger partial charge in [-0.3, -0.25) is 4.79 Å². The van der Waals surface area contributed by atoms with E-state index >= 15 is 0 Å². The van der Waals surface area contributed by atoms with E-state index in [4.69, 9.17) is 10.2 Å². The lowest BCUT2D eigenvalue weighted by molar-refractivity contribution is -0.145. The predicted molar refractivity (Wildman–Crippen MR) is 36.6 cm³/mol. The topological polar surface area (TPSA) is 93.1 Å². The Balaban J connectivity index is 3.25. The normalized spacial score (nSPS) is 9.08. The first-order chi connectivity index (χ1) is 5.66. The molecule has 0 aromatic carbocycles. The lowest BCUT2D eigenvalue weighted by Gasteiger charge is -2.01.